The second-order valence-corrected chi connectivity index (χ2v) is 5.08. The van der Waals surface area contributed by atoms with Crippen LogP contribution in [0.3, 0.4) is 0 Å². The molecule has 0 aliphatic heterocycles. The fourth-order valence-corrected chi connectivity index (χ4v) is 2.01. The van der Waals surface area contributed by atoms with Crippen molar-refractivity contribution in [3.8, 4) is 0 Å². The van der Waals surface area contributed by atoms with Gasteiger partial charge in [-0.25, -0.2) is 4.39 Å². The first-order valence-corrected chi connectivity index (χ1v) is 7.17. The summed E-state index contributed by atoms with van der Waals surface area (Å²) in [7, 11) is 0. The number of anilines is 2. The Morgan fingerprint density at radius 2 is 1.91 bits per heavy atom. The summed E-state index contributed by atoms with van der Waals surface area (Å²) in [5.41, 5.74) is 7.49. The van der Waals surface area contributed by atoms with Gasteiger partial charge in [-0.2, -0.15) is 0 Å². The molecule has 2 amide bonds. The Hall–Kier alpha value is -2.73. The van der Waals surface area contributed by atoms with Gasteiger partial charge in [0.1, 0.15) is 5.82 Å². The third kappa shape index (κ3) is 4.62. The highest BCUT2D eigenvalue weighted by Crippen LogP contribution is 2.21. The van der Waals surface area contributed by atoms with Crippen molar-refractivity contribution in [3.63, 3.8) is 0 Å². The van der Waals surface area contributed by atoms with Gasteiger partial charge in [0.25, 0.3) is 5.91 Å². The minimum atomic E-state index is -0.475. The van der Waals surface area contributed by atoms with Crippen LogP contribution in [0.25, 0.3) is 0 Å². The van der Waals surface area contributed by atoms with Crippen LogP contribution in [-0.4, -0.2) is 18.4 Å². The molecule has 120 valence electrons. The molecular formula is C17H18FN3O2. The summed E-state index contributed by atoms with van der Waals surface area (Å²) in [4.78, 5) is 23.7. The smallest absolute Gasteiger partial charge is 0.255 e. The molecule has 0 aliphatic carbocycles. The van der Waals surface area contributed by atoms with E-state index in [0.717, 1.165) is 11.6 Å². The molecule has 2 rings (SSSR count). The third-order valence-corrected chi connectivity index (χ3v) is 3.23. The minimum absolute atomic E-state index is 0.196. The van der Waals surface area contributed by atoms with Crippen molar-refractivity contribution in [1.29, 1.82) is 0 Å². The predicted molar refractivity (Wildman–Crippen MR) is 87.8 cm³/mol. The summed E-state index contributed by atoms with van der Waals surface area (Å²) >= 11 is 0. The molecule has 0 fully saturated rings. The predicted octanol–water partition coefficient (Wildman–Crippen LogP) is 2.67. The maximum Gasteiger partial charge on any atom is 0.255 e. The van der Waals surface area contributed by atoms with Crippen LogP contribution < -0.4 is 16.4 Å². The monoisotopic (exact) mass is 315 g/mol. The Morgan fingerprint density at radius 1 is 1.13 bits per heavy atom. The van der Waals surface area contributed by atoms with E-state index < -0.39 is 11.7 Å². The molecule has 0 saturated heterocycles. The zero-order valence-corrected chi connectivity index (χ0v) is 12.7. The highest BCUT2D eigenvalue weighted by Gasteiger charge is 2.10. The van der Waals surface area contributed by atoms with Crippen molar-refractivity contribution in [2.75, 3.05) is 17.2 Å². The first-order valence-electron chi connectivity index (χ1n) is 7.17. The molecule has 0 atom stereocenters. The standard InChI is InChI=1S/C17H18FN3O2/c1-11-5-6-14(20-16(22)7-8-19)10-15(11)21-17(23)12-3-2-4-13(18)9-12/h2-6,9-10H,7-8,19H2,1H3,(H,20,22)(H,21,23). The molecule has 0 radical (unpaired) electrons. The number of nitrogens with one attached hydrogen (secondary N) is 2. The quantitative estimate of drug-likeness (QED) is 0.793. The van der Waals surface area contributed by atoms with Gasteiger partial charge in [-0.3, -0.25) is 9.59 Å². The lowest BCUT2D eigenvalue weighted by Gasteiger charge is -2.11. The number of halogens is 1. The van der Waals surface area contributed by atoms with E-state index in [1.54, 1.807) is 18.2 Å². The zero-order valence-electron chi connectivity index (χ0n) is 12.7. The SMILES string of the molecule is Cc1ccc(NC(=O)CCN)cc1NC(=O)c1cccc(F)c1. The first-order chi connectivity index (χ1) is 11.0. The van der Waals surface area contributed by atoms with Crippen LogP contribution >= 0.6 is 0 Å². The lowest BCUT2D eigenvalue weighted by molar-refractivity contribution is -0.116. The van der Waals surface area contributed by atoms with Gasteiger partial charge < -0.3 is 16.4 Å². The highest BCUT2D eigenvalue weighted by atomic mass is 19.1. The van der Waals surface area contributed by atoms with E-state index in [4.69, 9.17) is 5.73 Å². The van der Waals surface area contributed by atoms with E-state index in [0.29, 0.717) is 11.4 Å². The van der Waals surface area contributed by atoms with Gasteiger partial charge in [0, 0.05) is 29.9 Å². The molecule has 4 N–H and O–H groups in total. The summed E-state index contributed by atoms with van der Waals surface area (Å²) in [5, 5.41) is 5.42. The average molecular weight is 315 g/mol. The molecule has 0 unspecified atom stereocenters. The fraction of sp³-hybridized carbons (Fsp3) is 0.176. The second kappa shape index (κ2) is 7.51. The second-order valence-electron chi connectivity index (χ2n) is 5.08. The van der Waals surface area contributed by atoms with Gasteiger partial charge in [0.05, 0.1) is 0 Å². The Morgan fingerprint density at radius 3 is 2.61 bits per heavy atom. The molecule has 0 saturated carbocycles. The Kier molecular flexibility index (Phi) is 5.43. The minimum Gasteiger partial charge on any atom is -0.330 e. The van der Waals surface area contributed by atoms with Gasteiger partial charge >= 0.3 is 0 Å². The number of carbonyl (C=O) groups excluding carboxylic acids is 2. The molecule has 0 spiro atoms. The van der Waals surface area contributed by atoms with E-state index in [1.807, 2.05) is 6.92 Å². The molecule has 0 aromatic heterocycles. The summed E-state index contributed by atoms with van der Waals surface area (Å²) in [6, 6.07) is 10.6. The number of benzene rings is 2. The van der Waals surface area contributed by atoms with Gasteiger partial charge in [-0.15, -0.1) is 0 Å². The first kappa shape index (κ1) is 16.6. The largest absolute Gasteiger partial charge is 0.330 e. The normalized spacial score (nSPS) is 10.2. The fourth-order valence-electron chi connectivity index (χ4n) is 2.01. The van der Waals surface area contributed by atoms with Gasteiger partial charge in [0.2, 0.25) is 5.91 Å². The van der Waals surface area contributed by atoms with E-state index in [2.05, 4.69) is 10.6 Å². The van der Waals surface area contributed by atoms with Crippen LogP contribution in [-0.2, 0) is 4.79 Å². The van der Waals surface area contributed by atoms with Crippen LogP contribution in [0.1, 0.15) is 22.3 Å². The maximum atomic E-state index is 13.2. The van der Waals surface area contributed by atoms with Crippen LogP contribution in [0.4, 0.5) is 15.8 Å². The molecule has 23 heavy (non-hydrogen) atoms. The van der Waals surface area contributed by atoms with Crippen molar-refractivity contribution < 1.29 is 14.0 Å². The lowest BCUT2D eigenvalue weighted by atomic mass is 10.1. The Bertz CT molecular complexity index is 732. The van der Waals surface area contributed by atoms with Crippen LogP contribution in [0.2, 0.25) is 0 Å². The van der Waals surface area contributed by atoms with Gasteiger partial charge in [0.15, 0.2) is 0 Å². The third-order valence-electron chi connectivity index (χ3n) is 3.23. The number of aryl methyl sites for hydroxylation is 1. The molecule has 0 aliphatic rings. The van der Waals surface area contributed by atoms with Gasteiger partial charge in [-0.05, 0) is 42.8 Å². The van der Waals surface area contributed by atoms with Crippen LogP contribution in [0.15, 0.2) is 42.5 Å². The lowest BCUT2D eigenvalue weighted by Crippen LogP contribution is -2.17. The van der Waals surface area contributed by atoms with E-state index >= 15 is 0 Å². The highest BCUT2D eigenvalue weighted by molar-refractivity contribution is 6.05. The molecule has 2 aromatic rings. The van der Waals surface area contributed by atoms with E-state index in [-0.39, 0.29) is 24.4 Å². The van der Waals surface area contributed by atoms with Crippen molar-refractivity contribution in [3.05, 3.63) is 59.4 Å². The average Bonchev–Trinajstić information content (AvgIpc) is 2.51. The van der Waals surface area contributed by atoms with E-state index in [1.165, 1.54) is 18.2 Å². The molecule has 6 heteroatoms. The summed E-state index contributed by atoms with van der Waals surface area (Å²) < 4.78 is 13.2. The topological polar surface area (TPSA) is 84.2 Å². The van der Waals surface area contributed by atoms with Crippen LogP contribution in [0, 0.1) is 12.7 Å². The number of hydrogen-bond acceptors (Lipinski definition) is 3. The molecule has 2 aromatic carbocycles. The summed E-state index contributed by atoms with van der Waals surface area (Å²) in [6.07, 6.45) is 0.221. The summed E-state index contributed by atoms with van der Waals surface area (Å²) in [5.74, 6) is -1.09. The zero-order chi connectivity index (χ0) is 16.8. The Labute approximate surface area is 133 Å². The van der Waals surface area contributed by atoms with Crippen molar-refractivity contribution in [2.24, 2.45) is 5.73 Å². The van der Waals surface area contributed by atoms with Gasteiger partial charge in [-0.1, -0.05) is 12.1 Å². The number of rotatable bonds is 5. The summed E-state index contributed by atoms with van der Waals surface area (Å²) in [6.45, 7) is 2.09. The van der Waals surface area contributed by atoms with Crippen LogP contribution in [0.5, 0.6) is 0 Å². The van der Waals surface area contributed by atoms with Crippen molar-refractivity contribution in [2.45, 2.75) is 13.3 Å². The number of amides is 2. The van der Waals surface area contributed by atoms with Crippen molar-refractivity contribution in [1.82, 2.24) is 0 Å². The number of nitrogens with two attached hydrogens (primary N) is 1. The van der Waals surface area contributed by atoms with Crippen molar-refractivity contribution >= 4 is 23.2 Å². The molecular weight excluding hydrogens is 297 g/mol. The number of hydrogen-bond donors (Lipinski definition) is 3. The van der Waals surface area contributed by atoms with E-state index in [9.17, 15) is 14.0 Å². The molecule has 0 bridgehead atoms. The Balaban J connectivity index is 2.15. The number of carbonyl (C=O) groups is 2. The molecule has 5 nitrogen and oxygen atoms in total. The molecule has 0 heterocycles. The maximum absolute atomic E-state index is 13.2.